The zero-order valence-corrected chi connectivity index (χ0v) is 13.2. The highest BCUT2D eigenvalue weighted by Crippen LogP contribution is 2.29. The van der Waals surface area contributed by atoms with Crippen LogP contribution in [0.5, 0.6) is 0 Å². The topological polar surface area (TPSA) is 74.2 Å². The first-order valence-electron chi connectivity index (χ1n) is 6.90. The number of thiazole rings is 1. The Bertz CT molecular complexity index is 477. The van der Waals surface area contributed by atoms with E-state index in [-0.39, 0.29) is 24.9 Å². The summed E-state index contributed by atoms with van der Waals surface area (Å²) < 4.78 is 37.1. The van der Waals surface area contributed by atoms with Gasteiger partial charge < -0.3 is 15.7 Å². The fourth-order valence-electron chi connectivity index (χ4n) is 1.83. The molecule has 2 atom stereocenters. The van der Waals surface area contributed by atoms with E-state index < -0.39 is 18.0 Å². The number of hydrogen-bond acceptors (Lipinski definition) is 4. The molecule has 2 amide bonds. The van der Waals surface area contributed by atoms with Crippen LogP contribution in [-0.2, 0) is 12.6 Å². The fraction of sp³-hybridized carbons (Fsp3) is 0.692. The summed E-state index contributed by atoms with van der Waals surface area (Å²) in [6.45, 7) is 4.22. The number of nitrogens with one attached hydrogen (secondary N) is 2. The SMILES string of the molecule is CC(O)CC(C)CNC(=O)NCCc1nc(C(F)(F)F)cs1. The Hall–Kier alpha value is -1.35. The molecule has 0 fully saturated rings. The molecule has 0 aromatic carbocycles. The van der Waals surface area contributed by atoms with E-state index in [0.29, 0.717) is 18.0 Å². The number of aliphatic hydroxyl groups excluding tert-OH is 1. The molecule has 0 aliphatic rings. The van der Waals surface area contributed by atoms with Crippen LogP contribution >= 0.6 is 11.3 Å². The second kappa shape index (κ2) is 8.33. The number of halogens is 3. The van der Waals surface area contributed by atoms with Gasteiger partial charge in [-0.05, 0) is 19.3 Å². The first-order valence-corrected chi connectivity index (χ1v) is 7.77. The third-order valence-electron chi connectivity index (χ3n) is 2.82. The molecule has 1 heterocycles. The number of nitrogens with zero attached hydrogens (tertiary/aromatic N) is 1. The second-order valence-corrected chi connectivity index (χ2v) is 6.14. The van der Waals surface area contributed by atoms with Gasteiger partial charge in [0.2, 0.25) is 0 Å². The summed E-state index contributed by atoms with van der Waals surface area (Å²) in [5, 5.41) is 15.7. The zero-order valence-electron chi connectivity index (χ0n) is 12.4. The van der Waals surface area contributed by atoms with Gasteiger partial charge in [-0.1, -0.05) is 6.92 Å². The minimum Gasteiger partial charge on any atom is -0.393 e. The Morgan fingerprint density at radius 3 is 2.64 bits per heavy atom. The van der Waals surface area contributed by atoms with Crippen molar-refractivity contribution in [1.82, 2.24) is 15.6 Å². The van der Waals surface area contributed by atoms with Crippen molar-refractivity contribution in [1.29, 1.82) is 0 Å². The van der Waals surface area contributed by atoms with Gasteiger partial charge in [0.1, 0.15) is 0 Å². The molecule has 9 heteroatoms. The van der Waals surface area contributed by atoms with Gasteiger partial charge >= 0.3 is 12.2 Å². The smallest absolute Gasteiger partial charge is 0.393 e. The molecule has 1 aromatic rings. The minimum atomic E-state index is -4.43. The number of aromatic nitrogens is 1. The van der Waals surface area contributed by atoms with Crippen LogP contribution in [-0.4, -0.2) is 35.3 Å². The fourth-order valence-corrected chi connectivity index (χ4v) is 2.64. The van der Waals surface area contributed by atoms with Gasteiger partial charge in [-0.25, -0.2) is 9.78 Å². The highest BCUT2D eigenvalue weighted by atomic mass is 32.1. The van der Waals surface area contributed by atoms with Gasteiger partial charge in [0.25, 0.3) is 0 Å². The largest absolute Gasteiger partial charge is 0.434 e. The Kier molecular flexibility index (Phi) is 7.08. The Morgan fingerprint density at radius 2 is 2.09 bits per heavy atom. The number of carbonyl (C=O) groups excluding carboxylic acids is 1. The lowest BCUT2D eigenvalue weighted by atomic mass is 10.1. The van der Waals surface area contributed by atoms with E-state index in [2.05, 4.69) is 15.6 Å². The number of aliphatic hydroxyl groups is 1. The number of alkyl halides is 3. The summed E-state index contributed by atoms with van der Waals surface area (Å²) >= 11 is 0.923. The quantitative estimate of drug-likeness (QED) is 0.714. The molecular formula is C13H20F3N3O2S. The summed E-state index contributed by atoms with van der Waals surface area (Å²) in [6, 6.07) is -0.384. The van der Waals surface area contributed by atoms with Crippen LogP contribution in [0.15, 0.2) is 5.38 Å². The van der Waals surface area contributed by atoms with E-state index in [4.69, 9.17) is 0 Å². The van der Waals surface area contributed by atoms with Crippen molar-refractivity contribution in [2.45, 2.75) is 39.0 Å². The number of rotatable bonds is 7. The van der Waals surface area contributed by atoms with Crippen LogP contribution in [0.1, 0.15) is 31.0 Å². The molecular weight excluding hydrogens is 319 g/mol. The van der Waals surface area contributed by atoms with Crippen molar-refractivity contribution in [2.24, 2.45) is 5.92 Å². The van der Waals surface area contributed by atoms with E-state index in [1.807, 2.05) is 6.92 Å². The van der Waals surface area contributed by atoms with E-state index in [0.717, 1.165) is 16.7 Å². The van der Waals surface area contributed by atoms with Crippen molar-refractivity contribution in [3.8, 4) is 0 Å². The molecule has 5 nitrogen and oxygen atoms in total. The lowest BCUT2D eigenvalue weighted by Crippen LogP contribution is -2.39. The van der Waals surface area contributed by atoms with Crippen LogP contribution < -0.4 is 10.6 Å². The zero-order chi connectivity index (χ0) is 16.8. The molecule has 0 spiro atoms. The summed E-state index contributed by atoms with van der Waals surface area (Å²) in [5.74, 6) is 0.138. The average molecular weight is 339 g/mol. The molecule has 3 N–H and O–H groups in total. The lowest BCUT2D eigenvalue weighted by Gasteiger charge is -2.14. The van der Waals surface area contributed by atoms with Crippen molar-refractivity contribution in [3.63, 3.8) is 0 Å². The van der Waals surface area contributed by atoms with Crippen molar-refractivity contribution in [3.05, 3.63) is 16.1 Å². The van der Waals surface area contributed by atoms with Gasteiger partial charge in [-0.2, -0.15) is 13.2 Å². The number of amides is 2. The maximum absolute atomic E-state index is 12.4. The van der Waals surface area contributed by atoms with Crippen LogP contribution in [0.4, 0.5) is 18.0 Å². The second-order valence-electron chi connectivity index (χ2n) is 5.20. The Morgan fingerprint density at radius 1 is 1.41 bits per heavy atom. The number of hydrogen-bond donors (Lipinski definition) is 3. The van der Waals surface area contributed by atoms with Crippen LogP contribution in [0.3, 0.4) is 0 Å². The van der Waals surface area contributed by atoms with Gasteiger partial charge in [0.05, 0.1) is 11.1 Å². The van der Waals surface area contributed by atoms with E-state index in [9.17, 15) is 23.1 Å². The van der Waals surface area contributed by atoms with Crippen molar-refractivity contribution in [2.75, 3.05) is 13.1 Å². The highest BCUT2D eigenvalue weighted by Gasteiger charge is 2.33. The van der Waals surface area contributed by atoms with E-state index in [1.54, 1.807) is 6.92 Å². The molecule has 0 aliphatic heterocycles. The molecule has 1 aromatic heterocycles. The lowest BCUT2D eigenvalue weighted by molar-refractivity contribution is -0.140. The standard InChI is InChI=1S/C13H20F3N3O2S/c1-8(5-9(2)20)6-18-12(21)17-4-3-11-19-10(7-22-11)13(14,15)16/h7-9,20H,3-6H2,1-2H3,(H2,17,18,21). The van der Waals surface area contributed by atoms with Crippen LogP contribution in [0.2, 0.25) is 0 Å². The molecule has 0 bridgehead atoms. The first kappa shape index (κ1) is 18.7. The molecule has 0 aliphatic carbocycles. The summed E-state index contributed by atoms with van der Waals surface area (Å²) in [6.07, 6.45) is -4.02. The van der Waals surface area contributed by atoms with Gasteiger partial charge in [-0.3, -0.25) is 0 Å². The molecule has 1 rings (SSSR count). The summed E-state index contributed by atoms with van der Waals surface area (Å²) in [7, 11) is 0. The maximum Gasteiger partial charge on any atom is 0.434 e. The van der Waals surface area contributed by atoms with Crippen molar-refractivity contribution >= 4 is 17.4 Å². The Balaban J connectivity index is 2.24. The average Bonchev–Trinajstić information content (AvgIpc) is 2.84. The minimum absolute atomic E-state index is 0.138. The normalized spacial score (nSPS) is 14.5. The third kappa shape index (κ3) is 7.08. The summed E-state index contributed by atoms with van der Waals surface area (Å²) in [4.78, 5) is 15.0. The number of carbonyl (C=O) groups is 1. The van der Waals surface area contributed by atoms with E-state index in [1.165, 1.54) is 0 Å². The van der Waals surface area contributed by atoms with Gasteiger partial charge in [0.15, 0.2) is 5.69 Å². The number of urea groups is 1. The molecule has 126 valence electrons. The molecule has 0 saturated heterocycles. The van der Waals surface area contributed by atoms with Gasteiger partial charge in [-0.15, -0.1) is 11.3 Å². The molecule has 2 unspecified atom stereocenters. The third-order valence-corrected chi connectivity index (χ3v) is 3.73. The van der Waals surface area contributed by atoms with Crippen LogP contribution in [0.25, 0.3) is 0 Å². The summed E-state index contributed by atoms with van der Waals surface area (Å²) in [5.41, 5.74) is -0.899. The molecule has 0 saturated carbocycles. The predicted octanol–water partition coefficient (Wildman–Crippen LogP) is 2.41. The van der Waals surface area contributed by atoms with E-state index >= 15 is 0 Å². The molecule has 22 heavy (non-hydrogen) atoms. The first-order chi connectivity index (χ1) is 10.2. The van der Waals surface area contributed by atoms with Crippen LogP contribution in [0, 0.1) is 5.92 Å². The predicted molar refractivity (Wildman–Crippen MR) is 77.7 cm³/mol. The van der Waals surface area contributed by atoms with Crippen molar-refractivity contribution < 1.29 is 23.1 Å². The van der Waals surface area contributed by atoms with Gasteiger partial charge in [0, 0.05) is 24.9 Å². The maximum atomic E-state index is 12.4. The molecule has 0 radical (unpaired) electrons. The monoisotopic (exact) mass is 339 g/mol. The Labute approximate surface area is 130 Å². The highest BCUT2D eigenvalue weighted by molar-refractivity contribution is 7.09.